The molecule has 0 spiro atoms. The van der Waals surface area contributed by atoms with Gasteiger partial charge in [-0.25, -0.2) is 8.42 Å². The number of sulfone groups is 1. The molecular formula is C11H20N2O3S. The fourth-order valence-corrected chi connectivity index (χ4v) is 3.50. The van der Waals surface area contributed by atoms with Crippen LogP contribution in [0.25, 0.3) is 0 Å². The number of hydrogen-bond acceptors (Lipinski definition) is 4. The van der Waals surface area contributed by atoms with Gasteiger partial charge >= 0.3 is 0 Å². The van der Waals surface area contributed by atoms with E-state index in [-0.39, 0.29) is 23.5 Å². The van der Waals surface area contributed by atoms with Crippen molar-refractivity contribution in [3.05, 3.63) is 0 Å². The summed E-state index contributed by atoms with van der Waals surface area (Å²) in [7, 11) is -2.84. The van der Waals surface area contributed by atoms with Crippen molar-refractivity contribution in [1.29, 1.82) is 0 Å². The smallest absolute Gasteiger partial charge is 0.221 e. The normalized spacial score (nSPS) is 24.5. The molecule has 1 aliphatic carbocycles. The van der Waals surface area contributed by atoms with Gasteiger partial charge in [-0.1, -0.05) is 0 Å². The third-order valence-corrected chi connectivity index (χ3v) is 5.00. The Labute approximate surface area is 102 Å². The summed E-state index contributed by atoms with van der Waals surface area (Å²) < 4.78 is 22.4. The van der Waals surface area contributed by atoms with Gasteiger partial charge in [0.1, 0.15) is 9.84 Å². The van der Waals surface area contributed by atoms with E-state index in [1.165, 1.54) is 12.8 Å². The molecule has 1 amide bonds. The molecule has 5 nitrogen and oxygen atoms in total. The molecule has 1 heterocycles. The minimum atomic E-state index is -2.84. The maximum absolute atomic E-state index is 11.6. The van der Waals surface area contributed by atoms with Crippen molar-refractivity contribution in [2.45, 2.75) is 44.2 Å². The summed E-state index contributed by atoms with van der Waals surface area (Å²) in [5.41, 5.74) is 0. The van der Waals surface area contributed by atoms with E-state index in [9.17, 15) is 13.2 Å². The molecular weight excluding hydrogens is 240 g/mol. The third-order valence-electron chi connectivity index (χ3n) is 3.28. The van der Waals surface area contributed by atoms with Gasteiger partial charge in [-0.05, 0) is 25.7 Å². The third kappa shape index (κ3) is 4.63. The highest BCUT2D eigenvalue weighted by Crippen LogP contribution is 2.18. The van der Waals surface area contributed by atoms with Gasteiger partial charge in [-0.3, -0.25) is 4.79 Å². The van der Waals surface area contributed by atoms with Crippen LogP contribution in [0, 0.1) is 0 Å². The van der Waals surface area contributed by atoms with E-state index >= 15 is 0 Å². The van der Waals surface area contributed by atoms with Gasteiger partial charge in [-0.2, -0.15) is 0 Å². The predicted octanol–water partition coefficient (Wildman–Crippen LogP) is -0.178. The lowest BCUT2D eigenvalue weighted by Crippen LogP contribution is -2.41. The monoisotopic (exact) mass is 260 g/mol. The molecule has 0 radical (unpaired) electrons. The summed E-state index contributed by atoms with van der Waals surface area (Å²) in [5, 5.41) is 6.19. The van der Waals surface area contributed by atoms with E-state index < -0.39 is 9.84 Å². The summed E-state index contributed by atoms with van der Waals surface area (Å²) in [6, 6.07) is 0.676. The largest absolute Gasteiger partial charge is 0.353 e. The lowest BCUT2D eigenvalue weighted by atomic mass is 10.1. The Morgan fingerprint density at radius 2 is 1.71 bits per heavy atom. The highest BCUT2D eigenvalue weighted by Gasteiger charge is 2.25. The zero-order valence-electron chi connectivity index (χ0n) is 9.94. The molecule has 1 saturated carbocycles. The van der Waals surface area contributed by atoms with Crippen LogP contribution in [-0.2, 0) is 14.6 Å². The maximum atomic E-state index is 11.6. The van der Waals surface area contributed by atoms with E-state index in [0.717, 1.165) is 6.54 Å². The number of amides is 1. The van der Waals surface area contributed by atoms with E-state index in [0.29, 0.717) is 25.3 Å². The van der Waals surface area contributed by atoms with Gasteiger partial charge < -0.3 is 10.6 Å². The van der Waals surface area contributed by atoms with Crippen LogP contribution in [0.3, 0.4) is 0 Å². The number of nitrogens with one attached hydrogen (secondary N) is 2. The van der Waals surface area contributed by atoms with Gasteiger partial charge in [-0.15, -0.1) is 0 Å². The van der Waals surface area contributed by atoms with Gasteiger partial charge in [0.25, 0.3) is 0 Å². The van der Waals surface area contributed by atoms with Crippen LogP contribution in [-0.4, -0.2) is 44.5 Å². The summed E-state index contributed by atoms with van der Waals surface area (Å²) in [5.74, 6) is 0.443. The molecule has 2 aliphatic rings. The Balaban J connectivity index is 1.61. The zero-order chi connectivity index (χ0) is 12.3. The summed E-state index contributed by atoms with van der Waals surface area (Å²) in [6.45, 7) is 0.724. The van der Waals surface area contributed by atoms with Crippen molar-refractivity contribution in [2.75, 3.05) is 18.1 Å². The fourth-order valence-electron chi connectivity index (χ4n) is 2.01. The second-order valence-electron chi connectivity index (χ2n) is 4.97. The van der Waals surface area contributed by atoms with Gasteiger partial charge in [0.15, 0.2) is 0 Å². The van der Waals surface area contributed by atoms with Crippen molar-refractivity contribution < 1.29 is 13.2 Å². The van der Waals surface area contributed by atoms with Crippen LogP contribution < -0.4 is 10.6 Å². The number of rotatable bonds is 5. The molecule has 0 unspecified atom stereocenters. The predicted molar refractivity (Wildman–Crippen MR) is 65.5 cm³/mol. The topological polar surface area (TPSA) is 75.3 Å². The second kappa shape index (κ2) is 5.35. The van der Waals surface area contributed by atoms with Crippen LogP contribution in [0.2, 0.25) is 0 Å². The van der Waals surface area contributed by atoms with E-state index in [1.807, 2.05) is 0 Å². The molecule has 1 aliphatic heterocycles. The van der Waals surface area contributed by atoms with Crippen molar-refractivity contribution in [1.82, 2.24) is 10.6 Å². The first-order chi connectivity index (χ1) is 8.05. The molecule has 0 bridgehead atoms. The van der Waals surface area contributed by atoms with Crippen LogP contribution >= 0.6 is 0 Å². The van der Waals surface area contributed by atoms with Crippen LogP contribution in [0.1, 0.15) is 32.1 Å². The quantitative estimate of drug-likeness (QED) is 0.719. The van der Waals surface area contributed by atoms with Crippen LogP contribution in [0.15, 0.2) is 0 Å². The van der Waals surface area contributed by atoms with Crippen molar-refractivity contribution in [3.63, 3.8) is 0 Å². The van der Waals surface area contributed by atoms with Crippen LogP contribution in [0.5, 0.6) is 0 Å². The molecule has 2 rings (SSSR count). The Hall–Kier alpha value is -0.620. The second-order valence-corrected chi connectivity index (χ2v) is 7.28. The summed E-state index contributed by atoms with van der Waals surface area (Å²) >= 11 is 0. The molecule has 6 heteroatoms. The summed E-state index contributed by atoms with van der Waals surface area (Å²) in [4.78, 5) is 11.6. The Kier molecular flexibility index (Phi) is 4.04. The minimum absolute atomic E-state index is 0.0300. The molecule has 0 aromatic carbocycles. The number of carbonyl (C=O) groups is 1. The summed E-state index contributed by atoms with van der Waals surface area (Å²) in [6.07, 6.45) is 4.05. The molecule has 0 aromatic heterocycles. The molecule has 2 fully saturated rings. The average Bonchev–Trinajstić information content (AvgIpc) is 3.05. The highest BCUT2D eigenvalue weighted by molar-refractivity contribution is 7.91. The molecule has 0 atom stereocenters. The first-order valence-corrected chi connectivity index (χ1v) is 8.10. The average molecular weight is 260 g/mol. The lowest BCUT2D eigenvalue weighted by molar-refractivity contribution is -0.121. The zero-order valence-corrected chi connectivity index (χ0v) is 10.8. The SMILES string of the molecule is O=C(CCNC1CC1)NC1CCS(=O)(=O)CC1. The molecule has 0 aromatic rings. The van der Waals surface area contributed by atoms with Gasteiger partial charge in [0, 0.05) is 25.0 Å². The Bertz CT molecular complexity index is 362. The number of carbonyl (C=O) groups excluding carboxylic acids is 1. The van der Waals surface area contributed by atoms with E-state index in [2.05, 4.69) is 10.6 Å². The first kappa shape index (κ1) is 12.8. The Morgan fingerprint density at radius 3 is 2.29 bits per heavy atom. The Morgan fingerprint density at radius 1 is 1.06 bits per heavy atom. The van der Waals surface area contributed by atoms with Crippen molar-refractivity contribution in [2.24, 2.45) is 0 Å². The number of hydrogen-bond donors (Lipinski definition) is 2. The fraction of sp³-hybridized carbons (Fsp3) is 0.909. The van der Waals surface area contributed by atoms with Crippen LogP contribution in [0.4, 0.5) is 0 Å². The van der Waals surface area contributed by atoms with E-state index in [1.54, 1.807) is 0 Å². The van der Waals surface area contributed by atoms with Crippen molar-refractivity contribution in [3.8, 4) is 0 Å². The highest BCUT2D eigenvalue weighted by atomic mass is 32.2. The maximum Gasteiger partial charge on any atom is 0.221 e. The molecule has 1 saturated heterocycles. The molecule has 2 N–H and O–H groups in total. The van der Waals surface area contributed by atoms with Gasteiger partial charge in [0.05, 0.1) is 11.5 Å². The molecule has 17 heavy (non-hydrogen) atoms. The van der Waals surface area contributed by atoms with E-state index in [4.69, 9.17) is 0 Å². The van der Waals surface area contributed by atoms with Gasteiger partial charge in [0.2, 0.25) is 5.91 Å². The lowest BCUT2D eigenvalue weighted by Gasteiger charge is -2.23. The first-order valence-electron chi connectivity index (χ1n) is 6.28. The minimum Gasteiger partial charge on any atom is -0.353 e. The van der Waals surface area contributed by atoms with Crippen molar-refractivity contribution >= 4 is 15.7 Å². The molecule has 98 valence electrons. The standard InChI is InChI=1S/C11H20N2O3S/c14-11(3-6-12-9-1-2-9)13-10-4-7-17(15,16)8-5-10/h9-10,12H,1-8H2,(H,13,14).